The molecule has 2 heterocycles. The Hall–Kier alpha value is -2.10. The summed E-state index contributed by atoms with van der Waals surface area (Å²) in [7, 11) is 0. The first-order chi connectivity index (χ1) is 10.2. The van der Waals surface area contributed by atoms with Gasteiger partial charge in [-0.25, -0.2) is 0 Å². The minimum atomic E-state index is 0.0121. The number of thiophene rings is 1. The van der Waals surface area contributed by atoms with Crippen molar-refractivity contribution >= 4 is 44.9 Å². The van der Waals surface area contributed by atoms with E-state index in [1.165, 1.54) is 11.3 Å². The first-order valence-corrected chi connectivity index (χ1v) is 7.69. The molecule has 0 N–H and O–H groups in total. The van der Waals surface area contributed by atoms with Gasteiger partial charge in [-0.05, 0) is 29.8 Å². The molecule has 0 fully saturated rings. The van der Waals surface area contributed by atoms with E-state index in [1.807, 2.05) is 47.8 Å². The molecule has 0 radical (unpaired) electrons. The number of para-hydroxylation sites is 1. The van der Waals surface area contributed by atoms with Gasteiger partial charge in [-0.15, -0.1) is 11.3 Å². The molecule has 0 unspecified atom stereocenters. The number of fused-ring (bicyclic) bond motifs is 2. The highest BCUT2D eigenvalue weighted by Crippen LogP contribution is 2.34. The van der Waals surface area contributed by atoms with Crippen LogP contribution in [0.1, 0.15) is 0 Å². The highest BCUT2D eigenvalue weighted by molar-refractivity contribution is 7.15. The maximum absolute atomic E-state index is 12.7. The SMILES string of the molecule is O=c1c2ccccc2oc2csc(-c3ccc(Cl)cc3)c12. The van der Waals surface area contributed by atoms with Crippen LogP contribution in [0.2, 0.25) is 5.02 Å². The quantitative estimate of drug-likeness (QED) is 0.475. The second-order valence-corrected chi connectivity index (χ2v) is 6.05. The van der Waals surface area contributed by atoms with Gasteiger partial charge in [0.05, 0.1) is 10.8 Å². The molecule has 0 aliphatic heterocycles. The van der Waals surface area contributed by atoms with Crippen molar-refractivity contribution in [2.45, 2.75) is 0 Å². The second kappa shape index (κ2) is 4.72. The third-order valence-electron chi connectivity index (χ3n) is 3.44. The van der Waals surface area contributed by atoms with E-state index in [0.717, 1.165) is 10.4 Å². The minimum Gasteiger partial charge on any atom is -0.455 e. The normalized spacial score (nSPS) is 11.3. The summed E-state index contributed by atoms with van der Waals surface area (Å²) in [6, 6.07) is 14.8. The second-order valence-electron chi connectivity index (χ2n) is 4.74. The molecule has 0 amide bonds. The van der Waals surface area contributed by atoms with Crippen molar-refractivity contribution in [1.82, 2.24) is 0 Å². The van der Waals surface area contributed by atoms with Gasteiger partial charge in [-0.1, -0.05) is 35.9 Å². The van der Waals surface area contributed by atoms with Crippen LogP contribution in [0.5, 0.6) is 0 Å². The Labute approximate surface area is 129 Å². The fraction of sp³-hybridized carbons (Fsp3) is 0. The molecule has 0 aliphatic rings. The maximum Gasteiger partial charge on any atom is 0.202 e. The van der Waals surface area contributed by atoms with E-state index in [0.29, 0.717) is 27.0 Å². The standard InChI is InChI=1S/C17H9ClO2S/c18-11-7-5-10(6-8-11)17-15-14(9-21-17)20-13-4-2-1-3-12(13)16(15)19/h1-9H. The zero-order valence-corrected chi connectivity index (χ0v) is 12.4. The largest absolute Gasteiger partial charge is 0.455 e. The van der Waals surface area contributed by atoms with Crippen molar-refractivity contribution in [2.75, 3.05) is 0 Å². The smallest absolute Gasteiger partial charge is 0.202 e. The Bertz CT molecular complexity index is 1010. The Morgan fingerprint density at radius 1 is 0.952 bits per heavy atom. The van der Waals surface area contributed by atoms with Gasteiger partial charge >= 0.3 is 0 Å². The Kier molecular flexibility index (Phi) is 2.84. The van der Waals surface area contributed by atoms with Gasteiger partial charge in [-0.2, -0.15) is 0 Å². The molecule has 0 saturated carbocycles. The van der Waals surface area contributed by atoms with Crippen molar-refractivity contribution in [1.29, 1.82) is 0 Å². The van der Waals surface area contributed by atoms with Crippen LogP contribution in [-0.2, 0) is 0 Å². The summed E-state index contributed by atoms with van der Waals surface area (Å²) >= 11 is 7.43. The number of rotatable bonds is 1. The number of halogens is 1. The molecule has 102 valence electrons. The molecular weight excluding hydrogens is 304 g/mol. The van der Waals surface area contributed by atoms with Gasteiger partial charge < -0.3 is 4.42 Å². The van der Waals surface area contributed by atoms with E-state index in [1.54, 1.807) is 6.07 Å². The van der Waals surface area contributed by atoms with Crippen LogP contribution in [0, 0.1) is 0 Å². The van der Waals surface area contributed by atoms with Gasteiger partial charge in [0.1, 0.15) is 11.2 Å². The highest BCUT2D eigenvalue weighted by atomic mass is 35.5. The summed E-state index contributed by atoms with van der Waals surface area (Å²) in [5, 5.41) is 3.81. The molecule has 21 heavy (non-hydrogen) atoms. The topological polar surface area (TPSA) is 30.2 Å². The van der Waals surface area contributed by atoms with E-state index in [4.69, 9.17) is 16.0 Å². The maximum atomic E-state index is 12.7. The van der Waals surface area contributed by atoms with Crippen LogP contribution in [0.3, 0.4) is 0 Å². The molecule has 0 saturated heterocycles. The Morgan fingerprint density at radius 2 is 1.71 bits per heavy atom. The molecule has 0 aliphatic carbocycles. The molecule has 4 heteroatoms. The fourth-order valence-electron chi connectivity index (χ4n) is 2.44. The lowest BCUT2D eigenvalue weighted by atomic mass is 10.1. The van der Waals surface area contributed by atoms with E-state index >= 15 is 0 Å². The fourth-order valence-corrected chi connectivity index (χ4v) is 3.54. The molecule has 2 aromatic carbocycles. The van der Waals surface area contributed by atoms with Crippen LogP contribution >= 0.6 is 22.9 Å². The van der Waals surface area contributed by atoms with Crippen molar-refractivity contribution in [3.63, 3.8) is 0 Å². The molecular formula is C17H9ClO2S. The van der Waals surface area contributed by atoms with Crippen molar-refractivity contribution < 1.29 is 4.42 Å². The third kappa shape index (κ3) is 1.97. The third-order valence-corrected chi connectivity index (χ3v) is 4.70. The molecule has 4 rings (SSSR count). The summed E-state index contributed by atoms with van der Waals surface area (Å²) in [5.74, 6) is 0. The van der Waals surface area contributed by atoms with Crippen molar-refractivity contribution in [2.24, 2.45) is 0 Å². The molecule has 4 aromatic rings. The number of hydrogen-bond donors (Lipinski definition) is 0. The molecule has 0 spiro atoms. The predicted octanol–water partition coefficient (Wildman–Crippen LogP) is 5.33. The highest BCUT2D eigenvalue weighted by Gasteiger charge is 2.14. The lowest BCUT2D eigenvalue weighted by Crippen LogP contribution is -2.01. The van der Waals surface area contributed by atoms with Gasteiger partial charge in [-0.3, -0.25) is 4.79 Å². The number of benzene rings is 2. The van der Waals surface area contributed by atoms with Crippen LogP contribution in [-0.4, -0.2) is 0 Å². The molecule has 2 nitrogen and oxygen atoms in total. The number of hydrogen-bond acceptors (Lipinski definition) is 3. The van der Waals surface area contributed by atoms with Gasteiger partial charge in [0, 0.05) is 15.3 Å². The summed E-state index contributed by atoms with van der Waals surface area (Å²) in [5.41, 5.74) is 2.24. The van der Waals surface area contributed by atoms with Gasteiger partial charge in [0.2, 0.25) is 5.43 Å². The summed E-state index contributed by atoms with van der Waals surface area (Å²) in [6.07, 6.45) is 0. The lowest BCUT2D eigenvalue weighted by Gasteiger charge is -2.01. The van der Waals surface area contributed by atoms with E-state index in [9.17, 15) is 4.79 Å². The van der Waals surface area contributed by atoms with Crippen LogP contribution in [0.25, 0.3) is 32.4 Å². The first kappa shape index (κ1) is 12.6. The summed E-state index contributed by atoms with van der Waals surface area (Å²) in [4.78, 5) is 13.6. The summed E-state index contributed by atoms with van der Waals surface area (Å²) < 4.78 is 5.84. The minimum absolute atomic E-state index is 0.0121. The van der Waals surface area contributed by atoms with Gasteiger partial charge in [0.15, 0.2) is 0 Å². The molecule has 2 aromatic heterocycles. The molecule has 0 atom stereocenters. The monoisotopic (exact) mass is 312 g/mol. The Morgan fingerprint density at radius 3 is 2.52 bits per heavy atom. The average molecular weight is 313 g/mol. The summed E-state index contributed by atoms with van der Waals surface area (Å²) in [6.45, 7) is 0. The van der Waals surface area contributed by atoms with Crippen molar-refractivity contribution in [3.8, 4) is 10.4 Å². The van der Waals surface area contributed by atoms with E-state index in [2.05, 4.69) is 0 Å². The first-order valence-electron chi connectivity index (χ1n) is 6.43. The zero-order valence-electron chi connectivity index (χ0n) is 10.8. The van der Waals surface area contributed by atoms with Crippen molar-refractivity contribution in [3.05, 3.63) is 69.2 Å². The Balaban J connectivity index is 2.10. The average Bonchev–Trinajstić information content (AvgIpc) is 2.92. The van der Waals surface area contributed by atoms with Crippen LogP contribution in [0.15, 0.2) is 63.1 Å². The van der Waals surface area contributed by atoms with Crippen LogP contribution in [0.4, 0.5) is 0 Å². The van der Waals surface area contributed by atoms with Gasteiger partial charge in [0.25, 0.3) is 0 Å². The van der Waals surface area contributed by atoms with Crippen LogP contribution < -0.4 is 5.43 Å². The molecule has 0 bridgehead atoms. The lowest BCUT2D eigenvalue weighted by molar-refractivity contribution is 0.662. The predicted molar refractivity (Wildman–Crippen MR) is 88.3 cm³/mol. The zero-order chi connectivity index (χ0) is 14.4. The van der Waals surface area contributed by atoms with E-state index < -0.39 is 0 Å². The van der Waals surface area contributed by atoms with E-state index in [-0.39, 0.29) is 5.43 Å².